The molecule has 0 spiro atoms. The van der Waals surface area contributed by atoms with Crippen LogP contribution in [0.5, 0.6) is 5.75 Å². The number of piperazine rings is 1. The predicted octanol–water partition coefficient (Wildman–Crippen LogP) is -0.366. The highest BCUT2D eigenvalue weighted by Gasteiger charge is 2.25. The summed E-state index contributed by atoms with van der Waals surface area (Å²) in [6, 6.07) is 10.2. The van der Waals surface area contributed by atoms with E-state index in [2.05, 4.69) is 4.98 Å². The second-order valence-corrected chi connectivity index (χ2v) is 7.83. The van der Waals surface area contributed by atoms with Crippen LogP contribution in [0.25, 0.3) is 5.65 Å². The van der Waals surface area contributed by atoms with Crippen molar-refractivity contribution < 1.29 is 18.9 Å². The molecule has 29 heavy (non-hydrogen) atoms. The van der Waals surface area contributed by atoms with Crippen LogP contribution in [-0.4, -0.2) is 42.7 Å². The van der Waals surface area contributed by atoms with E-state index in [9.17, 15) is 9.18 Å². The van der Waals surface area contributed by atoms with Crippen molar-refractivity contribution in [2.24, 2.45) is 0 Å². The average molecular weight is 398 g/mol. The van der Waals surface area contributed by atoms with Gasteiger partial charge in [-0.05, 0) is 36.8 Å². The first kappa shape index (κ1) is 19.5. The lowest BCUT2D eigenvalue weighted by molar-refractivity contribution is -1.02. The number of rotatable bonds is 5. The third-order valence-electron chi connectivity index (χ3n) is 5.64. The van der Waals surface area contributed by atoms with E-state index < -0.39 is 0 Å². The highest BCUT2D eigenvalue weighted by atomic mass is 19.1. The molecule has 2 aromatic heterocycles. The molecule has 4 rings (SSSR count). The summed E-state index contributed by atoms with van der Waals surface area (Å²) in [5.41, 5.74) is 3.44. The molecule has 0 unspecified atom stereocenters. The Morgan fingerprint density at radius 2 is 1.79 bits per heavy atom. The van der Waals surface area contributed by atoms with Gasteiger partial charge in [-0.2, -0.15) is 0 Å². The Morgan fingerprint density at radius 1 is 1.07 bits per heavy atom. The topological polar surface area (TPSA) is 52.5 Å². The highest BCUT2D eigenvalue weighted by Crippen LogP contribution is 2.18. The third-order valence-corrected chi connectivity index (χ3v) is 5.64. The Labute approximate surface area is 169 Å². The minimum Gasteiger partial charge on any atom is -0.496 e. The molecule has 0 saturated carbocycles. The van der Waals surface area contributed by atoms with Crippen LogP contribution in [0.2, 0.25) is 0 Å². The number of hydrogen-bond acceptors (Lipinski definition) is 3. The van der Waals surface area contributed by atoms with E-state index in [0.29, 0.717) is 5.65 Å². The van der Waals surface area contributed by atoms with Crippen molar-refractivity contribution in [3.05, 3.63) is 75.6 Å². The maximum Gasteiger partial charge on any atom is 0.258 e. The molecule has 0 atom stereocenters. The van der Waals surface area contributed by atoms with E-state index in [1.807, 2.05) is 25.3 Å². The number of nitrogens with zero attached hydrogens (tertiary/aromatic N) is 2. The van der Waals surface area contributed by atoms with E-state index in [4.69, 9.17) is 4.74 Å². The number of nitrogens with one attached hydrogen (secondary N) is 2. The van der Waals surface area contributed by atoms with Gasteiger partial charge < -0.3 is 14.5 Å². The maximum absolute atomic E-state index is 13.6. The molecule has 1 aliphatic rings. The molecule has 2 N–H and O–H groups in total. The standard InChI is InChI=1S/C22H25FN4O2/c1-16-3-6-21-24-19(12-22(28)27(21)13-16)15-26-9-7-25(8-10-26)14-17-11-18(23)4-5-20(17)29-2/h3-6,11-13H,7-10,14-15H2,1-2H3/p+2. The number of pyridine rings is 1. The smallest absolute Gasteiger partial charge is 0.258 e. The van der Waals surface area contributed by atoms with Gasteiger partial charge in [0.1, 0.15) is 62.2 Å². The number of methoxy groups -OCH3 is 1. The molecule has 1 saturated heterocycles. The molecule has 1 fully saturated rings. The Bertz CT molecular complexity index is 1070. The zero-order chi connectivity index (χ0) is 20.4. The van der Waals surface area contributed by atoms with Crippen LogP contribution in [0.4, 0.5) is 4.39 Å². The van der Waals surface area contributed by atoms with Gasteiger partial charge in [0.05, 0.1) is 12.7 Å². The van der Waals surface area contributed by atoms with Crippen molar-refractivity contribution >= 4 is 5.65 Å². The van der Waals surface area contributed by atoms with Gasteiger partial charge in [0.15, 0.2) is 0 Å². The molecule has 6 nitrogen and oxygen atoms in total. The summed E-state index contributed by atoms with van der Waals surface area (Å²) < 4.78 is 20.6. The Hall–Kier alpha value is -2.77. The van der Waals surface area contributed by atoms with Crippen LogP contribution in [0.15, 0.2) is 47.4 Å². The van der Waals surface area contributed by atoms with Gasteiger partial charge >= 0.3 is 0 Å². The molecule has 3 aromatic rings. The minimum atomic E-state index is -0.228. The van der Waals surface area contributed by atoms with Crippen molar-refractivity contribution in [2.45, 2.75) is 20.0 Å². The average Bonchev–Trinajstić information content (AvgIpc) is 2.70. The van der Waals surface area contributed by atoms with Gasteiger partial charge in [-0.3, -0.25) is 9.20 Å². The number of ether oxygens (including phenoxy) is 1. The van der Waals surface area contributed by atoms with Crippen LogP contribution in [0.1, 0.15) is 16.8 Å². The van der Waals surface area contributed by atoms with Gasteiger partial charge in [-0.1, -0.05) is 6.07 Å². The summed E-state index contributed by atoms with van der Waals surface area (Å²) in [6.07, 6.45) is 1.82. The first-order chi connectivity index (χ1) is 14.0. The molecule has 7 heteroatoms. The van der Waals surface area contributed by atoms with E-state index in [1.165, 1.54) is 15.9 Å². The van der Waals surface area contributed by atoms with Gasteiger partial charge in [-0.15, -0.1) is 0 Å². The number of aromatic nitrogens is 2. The third kappa shape index (κ3) is 4.46. The fourth-order valence-electron chi connectivity index (χ4n) is 4.07. The zero-order valence-corrected chi connectivity index (χ0v) is 16.9. The van der Waals surface area contributed by atoms with Crippen LogP contribution >= 0.6 is 0 Å². The minimum absolute atomic E-state index is 0.0319. The molecule has 0 bridgehead atoms. The molecule has 152 valence electrons. The summed E-state index contributed by atoms with van der Waals surface area (Å²) >= 11 is 0. The molecule has 0 amide bonds. The Morgan fingerprint density at radius 3 is 2.52 bits per heavy atom. The molecule has 3 heterocycles. The number of quaternary nitrogens is 2. The largest absolute Gasteiger partial charge is 0.496 e. The first-order valence-electron chi connectivity index (χ1n) is 10.0. The first-order valence-corrected chi connectivity index (χ1v) is 10.0. The number of benzene rings is 1. The van der Waals surface area contributed by atoms with E-state index >= 15 is 0 Å². The van der Waals surface area contributed by atoms with Crippen LogP contribution in [0, 0.1) is 12.7 Å². The summed E-state index contributed by atoms with van der Waals surface area (Å²) in [4.78, 5) is 19.9. The van der Waals surface area contributed by atoms with Gasteiger partial charge in [0.25, 0.3) is 5.56 Å². The molecule has 0 radical (unpaired) electrons. The number of hydrogen-bond donors (Lipinski definition) is 2. The van der Waals surface area contributed by atoms with Crippen LogP contribution < -0.4 is 20.1 Å². The summed E-state index contributed by atoms with van der Waals surface area (Å²) in [5, 5.41) is 0. The van der Waals surface area contributed by atoms with Crippen molar-refractivity contribution in [3.8, 4) is 5.75 Å². The van der Waals surface area contributed by atoms with Crippen LogP contribution in [-0.2, 0) is 13.1 Å². The number of halogens is 1. The normalized spacial score (nSPS) is 19.4. The lowest BCUT2D eigenvalue weighted by Gasteiger charge is -2.29. The number of fused-ring (bicyclic) bond motifs is 1. The van der Waals surface area contributed by atoms with E-state index in [1.54, 1.807) is 29.7 Å². The van der Waals surface area contributed by atoms with Crippen LogP contribution in [0.3, 0.4) is 0 Å². The van der Waals surface area contributed by atoms with Crippen molar-refractivity contribution in [2.75, 3.05) is 33.3 Å². The number of aryl methyl sites for hydroxylation is 1. The highest BCUT2D eigenvalue weighted by molar-refractivity contribution is 5.39. The SMILES string of the molecule is COc1ccc(F)cc1C[NH+]1CC[NH+](Cc2cc(=O)n3cc(C)ccc3n2)CC1. The van der Waals surface area contributed by atoms with Crippen molar-refractivity contribution in [1.29, 1.82) is 0 Å². The Balaban J connectivity index is 1.39. The lowest BCUT2D eigenvalue weighted by atomic mass is 10.1. The van der Waals surface area contributed by atoms with Crippen molar-refractivity contribution in [3.63, 3.8) is 0 Å². The monoisotopic (exact) mass is 398 g/mol. The fourth-order valence-corrected chi connectivity index (χ4v) is 4.07. The van der Waals surface area contributed by atoms with E-state index in [0.717, 1.165) is 61.8 Å². The van der Waals surface area contributed by atoms with E-state index in [-0.39, 0.29) is 11.4 Å². The summed E-state index contributed by atoms with van der Waals surface area (Å²) in [6.45, 7) is 7.41. The fraction of sp³-hybridized carbons (Fsp3) is 0.364. The van der Waals surface area contributed by atoms with Gasteiger partial charge in [-0.25, -0.2) is 9.37 Å². The zero-order valence-electron chi connectivity index (χ0n) is 16.9. The lowest BCUT2D eigenvalue weighted by Crippen LogP contribution is -3.27. The van der Waals surface area contributed by atoms with Crippen molar-refractivity contribution in [1.82, 2.24) is 9.38 Å². The second kappa shape index (κ2) is 8.31. The summed E-state index contributed by atoms with van der Waals surface area (Å²) in [5.74, 6) is 0.512. The molecule has 1 aliphatic heterocycles. The second-order valence-electron chi connectivity index (χ2n) is 7.83. The molecule has 0 aliphatic carbocycles. The van der Waals surface area contributed by atoms with Gasteiger partial charge in [0, 0.05) is 12.3 Å². The predicted molar refractivity (Wildman–Crippen MR) is 108 cm³/mol. The molecular weight excluding hydrogens is 371 g/mol. The van der Waals surface area contributed by atoms with Gasteiger partial charge in [0.2, 0.25) is 0 Å². The molecule has 1 aromatic carbocycles. The summed E-state index contributed by atoms with van der Waals surface area (Å²) in [7, 11) is 1.62. The Kier molecular flexibility index (Phi) is 5.60. The quantitative estimate of drug-likeness (QED) is 0.617. The molecular formula is C22H27FN4O2+2. The maximum atomic E-state index is 13.6.